The molecular weight excluding hydrogens is 379 g/mol. The number of pyridine rings is 1. The Labute approximate surface area is 174 Å². The van der Waals surface area contributed by atoms with Crippen LogP contribution in [0, 0.1) is 12.7 Å². The lowest BCUT2D eigenvalue weighted by Crippen LogP contribution is -2.28. The van der Waals surface area contributed by atoms with Gasteiger partial charge >= 0.3 is 0 Å². The van der Waals surface area contributed by atoms with Crippen molar-refractivity contribution < 1.29 is 4.39 Å². The molecule has 0 amide bonds. The van der Waals surface area contributed by atoms with Crippen LogP contribution in [-0.2, 0) is 12.8 Å². The molecule has 1 atom stereocenters. The minimum atomic E-state index is -0.232. The number of hydrogen-bond donors (Lipinski definition) is 1. The van der Waals surface area contributed by atoms with Gasteiger partial charge in [0, 0.05) is 29.5 Å². The van der Waals surface area contributed by atoms with E-state index in [0.29, 0.717) is 12.0 Å². The first-order valence-corrected chi connectivity index (χ1v) is 10.4. The molecule has 0 fully saturated rings. The second kappa shape index (κ2) is 7.23. The predicted octanol–water partition coefficient (Wildman–Crippen LogP) is 4.59. The monoisotopic (exact) mass is 404 g/mol. The fraction of sp³-hybridized carbons (Fsp3) is 0.348. The highest BCUT2D eigenvalue weighted by atomic mass is 19.1. The molecule has 0 spiro atoms. The van der Waals surface area contributed by atoms with Crippen molar-refractivity contribution in [2.45, 2.75) is 52.1 Å². The highest BCUT2D eigenvalue weighted by Crippen LogP contribution is 2.29. The average molecular weight is 404 g/mol. The van der Waals surface area contributed by atoms with Gasteiger partial charge in [-0.3, -0.25) is 4.68 Å². The summed E-state index contributed by atoms with van der Waals surface area (Å²) in [5.41, 5.74) is 6.20. The van der Waals surface area contributed by atoms with Crippen LogP contribution in [-0.4, -0.2) is 30.4 Å². The zero-order valence-corrected chi connectivity index (χ0v) is 17.4. The lowest BCUT2D eigenvalue weighted by Gasteiger charge is -2.24. The smallest absolute Gasteiger partial charge is 0.243 e. The van der Waals surface area contributed by atoms with Crippen LogP contribution < -0.4 is 5.32 Å². The summed E-state index contributed by atoms with van der Waals surface area (Å²) in [6, 6.07) is 9.43. The van der Waals surface area contributed by atoms with Crippen LogP contribution in [0.2, 0.25) is 0 Å². The summed E-state index contributed by atoms with van der Waals surface area (Å²) in [7, 11) is 0. The van der Waals surface area contributed by atoms with Crippen molar-refractivity contribution in [1.82, 2.24) is 24.4 Å². The summed E-state index contributed by atoms with van der Waals surface area (Å²) >= 11 is 0. The van der Waals surface area contributed by atoms with Crippen LogP contribution in [0.1, 0.15) is 43.1 Å². The van der Waals surface area contributed by atoms with Crippen LogP contribution in [0.25, 0.3) is 16.8 Å². The molecule has 5 rings (SSSR count). The molecule has 1 N–H and O–H groups in total. The van der Waals surface area contributed by atoms with Crippen LogP contribution in [0.4, 0.5) is 10.3 Å². The molecule has 6 nitrogen and oxygen atoms in total. The molecule has 154 valence electrons. The van der Waals surface area contributed by atoms with E-state index in [0.717, 1.165) is 41.6 Å². The third kappa shape index (κ3) is 3.24. The fourth-order valence-electron chi connectivity index (χ4n) is 4.40. The highest BCUT2D eigenvalue weighted by Gasteiger charge is 2.24. The van der Waals surface area contributed by atoms with Gasteiger partial charge in [0.25, 0.3) is 0 Å². The Morgan fingerprint density at radius 2 is 2.07 bits per heavy atom. The van der Waals surface area contributed by atoms with E-state index < -0.39 is 0 Å². The van der Waals surface area contributed by atoms with Crippen LogP contribution in [0.3, 0.4) is 0 Å². The van der Waals surface area contributed by atoms with E-state index in [2.05, 4.69) is 34.0 Å². The van der Waals surface area contributed by atoms with E-state index >= 15 is 0 Å². The molecule has 1 unspecified atom stereocenters. The number of hydrogen-bond acceptors (Lipinski definition) is 4. The first-order chi connectivity index (χ1) is 14.5. The van der Waals surface area contributed by atoms with E-state index in [9.17, 15) is 4.39 Å². The molecule has 7 heteroatoms. The van der Waals surface area contributed by atoms with Crippen molar-refractivity contribution in [3.8, 4) is 11.1 Å². The molecule has 3 heterocycles. The third-order valence-corrected chi connectivity index (χ3v) is 5.84. The van der Waals surface area contributed by atoms with Crippen LogP contribution in [0.15, 0.2) is 42.7 Å². The summed E-state index contributed by atoms with van der Waals surface area (Å²) in [6.45, 7) is 6.24. The number of anilines is 1. The Balaban J connectivity index is 1.42. The standard InChI is InChI=1S/C23H25FN6/c1-14(2)30-21-9-7-18(12-16(21)13-25-30)26-23-27-22-20(5-4-10-29(22)28-23)19-8-6-17(24)11-15(19)3/h4-6,8,10-11,13-14,18H,7,9,12H2,1-3H3,(H,26,28). The van der Waals surface area contributed by atoms with Gasteiger partial charge in [-0.1, -0.05) is 6.07 Å². The van der Waals surface area contributed by atoms with Crippen LogP contribution >= 0.6 is 0 Å². The maximum atomic E-state index is 13.5. The van der Waals surface area contributed by atoms with Gasteiger partial charge in [0.2, 0.25) is 5.95 Å². The van der Waals surface area contributed by atoms with Gasteiger partial charge in [-0.05, 0) is 81.0 Å². The first kappa shape index (κ1) is 18.8. The number of benzene rings is 1. The van der Waals surface area contributed by atoms with Gasteiger partial charge in [0.05, 0.1) is 6.20 Å². The molecule has 0 saturated carbocycles. The minimum absolute atomic E-state index is 0.232. The molecule has 1 aliphatic rings. The van der Waals surface area contributed by atoms with E-state index in [4.69, 9.17) is 4.98 Å². The number of rotatable bonds is 4. The van der Waals surface area contributed by atoms with E-state index in [1.807, 2.05) is 31.5 Å². The normalized spacial score (nSPS) is 16.2. The van der Waals surface area contributed by atoms with Crippen molar-refractivity contribution >= 4 is 11.6 Å². The minimum Gasteiger partial charge on any atom is -0.350 e. The first-order valence-electron chi connectivity index (χ1n) is 10.4. The maximum absolute atomic E-state index is 13.5. The molecule has 0 bridgehead atoms. The largest absolute Gasteiger partial charge is 0.350 e. The molecule has 0 saturated heterocycles. The SMILES string of the molecule is Cc1cc(F)ccc1-c1cccn2nc(NC3CCc4c(cnn4C(C)C)C3)nc12. The third-order valence-electron chi connectivity index (χ3n) is 5.84. The van der Waals surface area contributed by atoms with Gasteiger partial charge in [-0.2, -0.15) is 10.1 Å². The molecule has 3 aromatic heterocycles. The summed E-state index contributed by atoms with van der Waals surface area (Å²) < 4.78 is 17.5. The molecule has 4 aromatic rings. The summed E-state index contributed by atoms with van der Waals surface area (Å²) in [4.78, 5) is 4.76. The van der Waals surface area contributed by atoms with E-state index in [1.165, 1.54) is 17.3 Å². The van der Waals surface area contributed by atoms with Crippen molar-refractivity contribution in [2.75, 3.05) is 5.32 Å². The predicted molar refractivity (Wildman–Crippen MR) is 115 cm³/mol. The van der Waals surface area contributed by atoms with Gasteiger partial charge in [0.15, 0.2) is 5.65 Å². The fourth-order valence-corrected chi connectivity index (χ4v) is 4.40. The second-order valence-electron chi connectivity index (χ2n) is 8.32. The van der Waals surface area contributed by atoms with Crippen molar-refractivity contribution in [2.24, 2.45) is 0 Å². The molecule has 0 aliphatic heterocycles. The molecule has 1 aromatic carbocycles. The summed E-state index contributed by atoms with van der Waals surface area (Å²) in [5.74, 6) is 0.386. The van der Waals surface area contributed by atoms with E-state index in [1.54, 1.807) is 16.6 Å². The Bertz CT molecular complexity index is 1220. The number of aromatic nitrogens is 5. The average Bonchev–Trinajstić information content (AvgIpc) is 3.31. The molecule has 30 heavy (non-hydrogen) atoms. The Hall–Kier alpha value is -3.22. The lowest BCUT2D eigenvalue weighted by molar-refractivity contribution is 0.487. The van der Waals surface area contributed by atoms with Gasteiger partial charge in [-0.25, -0.2) is 8.91 Å². The molecule has 0 radical (unpaired) electrons. The van der Waals surface area contributed by atoms with Crippen molar-refractivity contribution in [1.29, 1.82) is 0 Å². The highest BCUT2D eigenvalue weighted by molar-refractivity contribution is 5.79. The number of nitrogens with one attached hydrogen (secondary N) is 1. The van der Waals surface area contributed by atoms with Gasteiger partial charge < -0.3 is 5.32 Å². The summed E-state index contributed by atoms with van der Waals surface area (Å²) in [5, 5.41) is 12.7. The zero-order valence-electron chi connectivity index (χ0n) is 17.4. The number of fused-ring (bicyclic) bond motifs is 2. The zero-order chi connectivity index (χ0) is 20.8. The Kier molecular flexibility index (Phi) is 4.53. The van der Waals surface area contributed by atoms with E-state index in [-0.39, 0.29) is 11.9 Å². The number of halogens is 1. The summed E-state index contributed by atoms with van der Waals surface area (Å²) in [6.07, 6.45) is 6.82. The Morgan fingerprint density at radius 3 is 2.87 bits per heavy atom. The molecule has 1 aliphatic carbocycles. The number of aryl methyl sites for hydroxylation is 1. The Morgan fingerprint density at radius 1 is 1.20 bits per heavy atom. The van der Waals surface area contributed by atoms with Crippen LogP contribution in [0.5, 0.6) is 0 Å². The quantitative estimate of drug-likeness (QED) is 0.540. The lowest BCUT2D eigenvalue weighted by atomic mass is 9.93. The van der Waals surface area contributed by atoms with Crippen molar-refractivity contribution in [3.05, 3.63) is 65.4 Å². The maximum Gasteiger partial charge on any atom is 0.243 e. The topological polar surface area (TPSA) is 60.0 Å². The van der Waals surface area contributed by atoms with Crippen molar-refractivity contribution in [3.63, 3.8) is 0 Å². The number of nitrogens with zero attached hydrogens (tertiary/aromatic N) is 5. The van der Waals surface area contributed by atoms with Gasteiger partial charge in [0.1, 0.15) is 5.82 Å². The second-order valence-corrected chi connectivity index (χ2v) is 8.32. The molecular formula is C23H25FN6. The van der Waals surface area contributed by atoms with Gasteiger partial charge in [-0.15, -0.1) is 5.10 Å².